The first-order chi connectivity index (χ1) is 19.8. The molecule has 200 valence electrons. The molecule has 1 fully saturated rings. The maximum Gasteiger partial charge on any atom is 0.496 e. The number of fused-ring (bicyclic) bond motifs is 2. The molecule has 6 heteroatoms. The first-order valence-electron chi connectivity index (χ1n) is 14.0. The fourth-order valence-corrected chi connectivity index (χ4v) is 5.54. The molecule has 41 heavy (non-hydrogen) atoms. The normalized spacial score (nSPS) is 16.0. The van der Waals surface area contributed by atoms with Crippen LogP contribution in [0.1, 0.15) is 27.7 Å². The van der Waals surface area contributed by atoms with E-state index in [0.29, 0.717) is 17.5 Å². The lowest BCUT2D eigenvalue weighted by Gasteiger charge is -2.32. The second-order valence-electron chi connectivity index (χ2n) is 11.5. The third-order valence-corrected chi connectivity index (χ3v) is 8.39. The molecule has 1 aromatic heterocycles. The van der Waals surface area contributed by atoms with Gasteiger partial charge < -0.3 is 9.31 Å². The van der Waals surface area contributed by atoms with Gasteiger partial charge >= 0.3 is 7.12 Å². The van der Waals surface area contributed by atoms with E-state index < -0.39 is 18.3 Å². The third kappa shape index (κ3) is 4.31. The highest BCUT2D eigenvalue weighted by molar-refractivity contribution is 6.68. The van der Waals surface area contributed by atoms with E-state index in [1.807, 2.05) is 60.7 Å². The molecule has 0 saturated carbocycles. The molecule has 2 heterocycles. The largest absolute Gasteiger partial charge is 0.496 e. The van der Waals surface area contributed by atoms with Crippen LogP contribution < -0.4 is 5.46 Å². The van der Waals surface area contributed by atoms with Crippen LogP contribution in [0.3, 0.4) is 0 Å². The lowest BCUT2D eigenvalue weighted by atomic mass is 9.72. The maximum absolute atomic E-state index is 6.60. The van der Waals surface area contributed by atoms with E-state index in [4.69, 9.17) is 24.3 Å². The van der Waals surface area contributed by atoms with Crippen molar-refractivity contribution in [2.45, 2.75) is 38.9 Å². The molecule has 5 nitrogen and oxygen atoms in total. The Morgan fingerprint density at radius 1 is 0.463 bits per heavy atom. The smallest absolute Gasteiger partial charge is 0.399 e. The highest BCUT2D eigenvalue weighted by atomic mass is 16.7. The minimum atomic E-state index is -0.512. The van der Waals surface area contributed by atoms with Crippen LogP contribution in [0.5, 0.6) is 0 Å². The van der Waals surface area contributed by atoms with Crippen LogP contribution >= 0.6 is 0 Å². The zero-order valence-corrected chi connectivity index (χ0v) is 23.6. The van der Waals surface area contributed by atoms with Gasteiger partial charge in [-0.25, -0.2) is 15.0 Å². The Kier molecular flexibility index (Phi) is 6.00. The molecule has 5 aromatic carbocycles. The molecule has 1 saturated heterocycles. The van der Waals surface area contributed by atoms with Crippen molar-refractivity contribution in [3.05, 3.63) is 109 Å². The number of aromatic nitrogens is 3. The van der Waals surface area contributed by atoms with E-state index in [1.165, 1.54) is 0 Å². The first-order valence-corrected chi connectivity index (χ1v) is 14.0. The summed E-state index contributed by atoms with van der Waals surface area (Å²) in [6.07, 6.45) is 0. The predicted molar refractivity (Wildman–Crippen MR) is 167 cm³/mol. The van der Waals surface area contributed by atoms with Gasteiger partial charge in [0.15, 0.2) is 17.5 Å². The minimum absolute atomic E-state index is 0.456. The predicted octanol–water partition coefficient (Wildman–Crippen LogP) is 7.48. The fraction of sp³-hybridized carbons (Fsp3) is 0.171. The summed E-state index contributed by atoms with van der Waals surface area (Å²) < 4.78 is 13.2. The van der Waals surface area contributed by atoms with Crippen LogP contribution in [0.25, 0.3) is 55.7 Å². The van der Waals surface area contributed by atoms with Crippen LogP contribution in [-0.4, -0.2) is 33.3 Å². The summed E-state index contributed by atoms with van der Waals surface area (Å²) in [6, 6.07) is 37.0. The number of hydrogen-bond donors (Lipinski definition) is 0. The Morgan fingerprint density at radius 2 is 0.829 bits per heavy atom. The molecule has 7 rings (SSSR count). The van der Waals surface area contributed by atoms with E-state index in [9.17, 15) is 0 Å². The van der Waals surface area contributed by atoms with Crippen LogP contribution in [0, 0.1) is 0 Å². The molecule has 0 radical (unpaired) electrons. The monoisotopic (exact) mass is 535 g/mol. The van der Waals surface area contributed by atoms with Crippen molar-refractivity contribution in [3.8, 4) is 34.2 Å². The van der Waals surface area contributed by atoms with Gasteiger partial charge in [-0.2, -0.15) is 0 Å². The van der Waals surface area contributed by atoms with Gasteiger partial charge in [0.05, 0.1) is 11.2 Å². The van der Waals surface area contributed by atoms with Gasteiger partial charge in [-0.3, -0.25) is 0 Å². The third-order valence-electron chi connectivity index (χ3n) is 8.39. The molecule has 6 aromatic rings. The first kappa shape index (κ1) is 25.6. The maximum atomic E-state index is 6.60. The van der Waals surface area contributed by atoms with Gasteiger partial charge in [-0.15, -0.1) is 0 Å². The highest BCUT2D eigenvalue weighted by Gasteiger charge is 2.52. The summed E-state index contributed by atoms with van der Waals surface area (Å²) in [7, 11) is -0.512. The molecule has 1 aliphatic rings. The van der Waals surface area contributed by atoms with E-state index in [0.717, 1.165) is 43.7 Å². The molecule has 0 N–H and O–H groups in total. The molecule has 0 atom stereocenters. The van der Waals surface area contributed by atoms with E-state index in [1.54, 1.807) is 0 Å². The SMILES string of the molecule is CC1(C)OB(c2c3ccccc3c(-c3nc(-c4ccccc4)nc(-c4ccccc4)n3)c3ccccc23)OC1(C)C. The Hall–Kier alpha value is -4.39. The summed E-state index contributed by atoms with van der Waals surface area (Å²) in [5.41, 5.74) is 2.96. The number of benzene rings is 5. The zero-order chi connectivity index (χ0) is 28.2. The molecule has 0 bridgehead atoms. The van der Waals surface area contributed by atoms with Gasteiger partial charge in [0.25, 0.3) is 0 Å². The number of hydrogen-bond acceptors (Lipinski definition) is 5. The number of rotatable bonds is 4. The molecule has 0 aliphatic carbocycles. The Labute approximate surface area is 240 Å². The van der Waals surface area contributed by atoms with Crippen LogP contribution in [0.15, 0.2) is 109 Å². The molecule has 0 unspecified atom stereocenters. The summed E-state index contributed by atoms with van der Waals surface area (Å²) in [5, 5.41) is 4.20. The number of nitrogens with zero attached hydrogens (tertiary/aromatic N) is 3. The standard InChI is InChI=1S/C35H30BN3O2/c1-34(2)35(3,4)41-36(40-34)30-27-21-13-11-19-25(27)29(26-20-12-14-22-28(26)30)33-38-31(23-15-7-5-8-16-23)37-32(39-33)24-17-9-6-10-18-24/h5-22H,1-4H3. The summed E-state index contributed by atoms with van der Waals surface area (Å²) in [6.45, 7) is 8.36. The summed E-state index contributed by atoms with van der Waals surface area (Å²) in [5.74, 6) is 1.90. The lowest BCUT2D eigenvalue weighted by Crippen LogP contribution is -2.41. The fourth-order valence-electron chi connectivity index (χ4n) is 5.54. The Bertz CT molecular complexity index is 1780. The van der Waals surface area contributed by atoms with Gasteiger partial charge in [-0.1, -0.05) is 109 Å². The highest BCUT2D eigenvalue weighted by Crippen LogP contribution is 2.40. The van der Waals surface area contributed by atoms with Gasteiger partial charge in [0, 0.05) is 16.7 Å². The molecule has 0 amide bonds. The molecule has 1 aliphatic heterocycles. The van der Waals surface area contributed by atoms with Crippen molar-refractivity contribution in [1.29, 1.82) is 0 Å². The van der Waals surface area contributed by atoms with Crippen LogP contribution in [-0.2, 0) is 9.31 Å². The topological polar surface area (TPSA) is 57.1 Å². The molecular weight excluding hydrogens is 505 g/mol. The Morgan fingerprint density at radius 3 is 1.27 bits per heavy atom. The van der Waals surface area contributed by atoms with E-state index in [-0.39, 0.29) is 0 Å². The second kappa shape index (κ2) is 9.62. The van der Waals surface area contributed by atoms with Gasteiger partial charge in [0.2, 0.25) is 0 Å². The van der Waals surface area contributed by atoms with Crippen molar-refractivity contribution in [1.82, 2.24) is 15.0 Å². The van der Waals surface area contributed by atoms with E-state index >= 15 is 0 Å². The van der Waals surface area contributed by atoms with Crippen molar-refractivity contribution < 1.29 is 9.31 Å². The van der Waals surface area contributed by atoms with E-state index in [2.05, 4.69) is 76.2 Å². The van der Waals surface area contributed by atoms with Crippen LogP contribution in [0.4, 0.5) is 0 Å². The molecule has 0 spiro atoms. The van der Waals surface area contributed by atoms with Gasteiger partial charge in [-0.05, 0) is 54.7 Å². The minimum Gasteiger partial charge on any atom is -0.399 e. The lowest BCUT2D eigenvalue weighted by molar-refractivity contribution is 0.00578. The average molecular weight is 535 g/mol. The summed E-state index contributed by atoms with van der Waals surface area (Å²) >= 11 is 0. The van der Waals surface area contributed by atoms with Crippen molar-refractivity contribution in [2.24, 2.45) is 0 Å². The van der Waals surface area contributed by atoms with Crippen molar-refractivity contribution in [3.63, 3.8) is 0 Å². The quantitative estimate of drug-likeness (QED) is 0.173. The molecular formula is C35H30BN3O2. The zero-order valence-electron chi connectivity index (χ0n) is 23.6. The second-order valence-corrected chi connectivity index (χ2v) is 11.5. The average Bonchev–Trinajstić information content (AvgIpc) is 3.22. The van der Waals surface area contributed by atoms with Gasteiger partial charge in [0.1, 0.15) is 0 Å². The van der Waals surface area contributed by atoms with Crippen molar-refractivity contribution in [2.75, 3.05) is 0 Å². The van der Waals surface area contributed by atoms with Crippen molar-refractivity contribution >= 4 is 34.1 Å². The summed E-state index contributed by atoms with van der Waals surface area (Å²) in [4.78, 5) is 15.1. The van der Waals surface area contributed by atoms with Crippen LogP contribution in [0.2, 0.25) is 0 Å². The Balaban J connectivity index is 1.54.